The van der Waals surface area contributed by atoms with Crippen molar-refractivity contribution >= 4 is 5.91 Å². The van der Waals surface area contributed by atoms with Gasteiger partial charge in [0.25, 0.3) is 0 Å². The van der Waals surface area contributed by atoms with Crippen LogP contribution in [-0.4, -0.2) is 48.4 Å². The number of unbranched alkanes of at least 4 members (excludes halogenated alkanes) is 41. The lowest BCUT2D eigenvalue weighted by molar-refractivity contribution is -0.131. The Morgan fingerprint density at radius 2 is 0.417 bits per heavy atom. The fourth-order valence-corrected chi connectivity index (χ4v) is 9.40. The van der Waals surface area contributed by atoms with Gasteiger partial charge in [-0.3, -0.25) is 4.79 Å². The number of carbonyl (C=O) groups excluding carboxylic acids is 1. The van der Waals surface area contributed by atoms with Gasteiger partial charge in [-0.1, -0.05) is 285 Å². The van der Waals surface area contributed by atoms with Crippen molar-refractivity contribution in [2.75, 3.05) is 32.7 Å². The van der Waals surface area contributed by atoms with E-state index in [1.54, 1.807) is 0 Å². The van der Waals surface area contributed by atoms with E-state index in [1.807, 2.05) is 0 Å². The van der Waals surface area contributed by atoms with Crippen LogP contribution in [0.25, 0.3) is 0 Å². The lowest BCUT2D eigenvalue weighted by Gasteiger charge is -2.24. The minimum Gasteiger partial charge on any atom is -0.343 e. The molecule has 0 saturated heterocycles. The third-order valence-electron chi connectivity index (χ3n) is 13.7. The quantitative estimate of drug-likeness (QED) is 0.0570. The third kappa shape index (κ3) is 46.9. The van der Waals surface area contributed by atoms with E-state index in [0.717, 1.165) is 25.9 Å². The highest BCUT2D eigenvalue weighted by Gasteiger charge is 2.14. The summed E-state index contributed by atoms with van der Waals surface area (Å²) in [6.45, 7) is 15.0. The lowest BCUT2D eigenvalue weighted by atomic mass is 10.0. The number of nitrogens with zero attached hydrogens (tertiary/aromatic N) is 2. The monoisotopic (exact) mass is 845 g/mol. The van der Waals surface area contributed by atoms with Crippen LogP contribution in [0.5, 0.6) is 0 Å². The molecule has 0 spiro atoms. The first-order valence-corrected chi connectivity index (χ1v) is 28.7. The Morgan fingerprint density at radius 3 is 0.650 bits per heavy atom. The summed E-state index contributed by atoms with van der Waals surface area (Å²) >= 11 is 0. The Balaban J connectivity index is 4.70. The van der Waals surface area contributed by atoms with Crippen molar-refractivity contribution < 1.29 is 4.79 Å². The molecule has 0 aromatic rings. The summed E-state index contributed by atoms with van der Waals surface area (Å²) in [4.78, 5) is 18.8. The molecule has 0 aromatic heterocycles. The summed E-state index contributed by atoms with van der Waals surface area (Å²) in [5, 5.41) is 0. The molecule has 0 saturated carbocycles. The third-order valence-corrected chi connectivity index (χ3v) is 13.7. The zero-order valence-corrected chi connectivity index (χ0v) is 42.6. The van der Waals surface area contributed by atoms with E-state index >= 15 is 0 Å². The van der Waals surface area contributed by atoms with Crippen molar-refractivity contribution in [1.82, 2.24) is 9.80 Å². The van der Waals surface area contributed by atoms with E-state index in [1.165, 1.54) is 309 Å². The zero-order chi connectivity index (χ0) is 43.5. The highest BCUT2D eigenvalue weighted by Crippen LogP contribution is 2.17. The Kier molecular flexibility index (Phi) is 52.3. The van der Waals surface area contributed by atoms with Crippen molar-refractivity contribution in [2.45, 2.75) is 329 Å². The molecule has 0 unspecified atom stereocenters. The maximum absolute atomic E-state index is 13.7. The van der Waals surface area contributed by atoms with Gasteiger partial charge in [-0.2, -0.15) is 0 Å². The second-order valence-corrected chi connectivity index (χ2v) is 19.8. The number of amides is 1. The molecule has 0 heterocycles. The molecule has 3 nitrogen and oxygen atoms in total. The van der Waals surface area contributed by atoms with Gasteiger partial charge in [-0.15, -0.1) is 0 Å². The Morgan fingerprint density at radius 1 is 0.233 bits per heavy atom. The molecule has 0 aliphatic rings. The van der Waals surface area contributed by atoms with E-state index in [-0.39, 0.29) is 0 Å². The van der Waals surface area contributed by atoms with Crippen molar-refractivity contribution in [2.24, 2.45) is 0 Å². The fraction of sp³-hybridized carbons (Fsp3) is 0.982. The molecule has 0 rings (SSSR count). The van der Waals surface area contributed by atoms with Crippen molar-refractivity contribution in [3.63, 3.8) is 0 Å². The molecule has 0 bridgehead atoms. The maximum atomic E-state index is 13.7. The van der Waals surface area contributed by atoms with Crippen molar-refractivity contribution in [1.29, 1.82) is 0 Å². The zero-order valence-electron chi connectivity index (χ0n) is 42.6. The van der Waals surface area contributed by atoms with Crippen LogP contribution in [0.2, 0.25) is 0 Å². The molecule has 0 aromatic carbocycles. The molecule has 0 fully saturated rings. The standard InChI is InChI=1S/C57H116N2O/c1-5-9-13-17-21-25-29-33-37-41-46-52-58(53-47-42-38-34-30-26-22-18-14-10-6-2)54-50-45-51-57(60)59(55-48-43-39-35-31-27-23-19-15-11-7-3)56-49-44-40-36-32-28-24-20-16-12-8-4/h5-56H2,1-4H3. The highest BCUT2D eigenvalue weighted by atomic mass is 16.2. The summed E-state index contributed by atoms with van der Waals surface area (Å²) in [7, 11) is 0. The minimum atomic E-state index is 0.455. The van der Waals surface area contributed by atoms with E-state index in [2.05, 4.69) is 37.5 Å². The fourth-order valence-electron chi connectivity index (χ4n) is 9.40. The Hall–Kier alpha value is -0.570. The van der Waals surface area contributed by atoms with Gasteiger partial charge >= 0.3 is 0 Å². The van der Waals surface area contributed by atoms with Crippen LogP contribution in [0, 0.1) is 0 Å². The predicted molar refractivity (Wildman–Crippen MR) is 273 cm³/mol. The molecule has 0 radical (unpaired) electrons. The molecule has 60 heavy (non-hydrogen) atoms. The molecule has 0 atom stereocenters. The van der Waals surface area contributed by atoms with Crippen LogP contribution in [0.3, 0.4) is 0 Å². The van der Waals surface area contributed by atoms with Gasteiger partial charge in [0.2, 0.25) is 5.91 Å². The number of rotatable bonds is 53. The van der Waals surface area contributed by atoms with Gasteiger partial charge in [-0.25, -0.2) is 0 Å². The second-order valence-electron chi connectivity index (χ2n) is 19.8. The normalized spacial score (nSPS) is 11.7. The molecule has 0 aliphatic heterocycles. The summed E-state index contributed by atoms with van der Waals surface area (Å²) in [6.07, 6.45) is 64.4. The van der Waals surface area contributed by atoms with Crippen molar-refractivity contribution in [3.8, 4) is 0 Å². The molecular formula is C57H116N2O. The van der Waals surface area contributed by atoms with E-state index < -0.39 is 0 Å². The van der Waals surface area contributed by atoms with Crippen LogP contribution >= 0.6 is 0 Å². The summed E-state index contributed by atoms with van der Waals surface area (Å²) in [5.41, 5.74) is 0. The van der Waals surface area contributed by atoms with E-state index in [9.17, 15) is 4.79 Å². The van der Waals surface area contributed by atoms with Gasteiger partial charge < -0.3 is 9.80 Å². The molecule has 360 valence electrons. The first-order valence-electron chi connectivity index (χ1n) is 28.7. The molecule has 1 amide bonds. The van der Waals surface area contributed by atoms with Crippen molar-refractivity contribution in [3.05, 3.63) is 0 Å². The van der Waals surface area contributed by atoms with Crippen LogP contribution in [0.1, 0.15) is 329 Å². The van der Waals surface area contributed by atoms with E-state index in [4.69, 9.17) is 0 Å². The first kappa shape index (κ1) is 59.4. The average Bonchev–Trinajstić information content (AvgIpc) is 3.25. The van der Waals surface area contributed by atoms with Crippen LogP contribution in [0.15, 0.2) is 0 Å². The molecular weight excluding hydrogens is 729 g/mol. The highest BCUT2D eigenvalue weighted by molar-refractivity contribution is 5.76. The van der Waals surface area contributed by atoms with Crippen LogP contribution < -0.4 is 0 Å². The Bertz CT molecular complexity index is 732. The van der Waals surface area contributed by atoms with Gasteiger partial charge in [0.15, 0.2) is 0 Å². The summed E-state index contributed by atoms with van der Waals surface area (Å²) in [6, 6.07) is 0. The van der Waals surface area contributed by atoms with Gasteiger partial charge in [0.05, 0.1) is 0 Å². The maximum Gasteiger partial charge on any atom is 0.222 e. The summed E-state index contributed by atoms with van der Waals surface area (Å²) in [5.74, 6) is 0.455. The largest absolute Gasteiger partial charge is 0.343 e. The molecule has 0 aliphatic carbocycles. The lowest BCUT2D eigenvalue weighted by Crippen LogP contribution is -2.33. The van der Waals surface area contributed by atoms with Crippen LogP contribution in [-0.2, 0) is 4.79 Å². The topological polar surface area (TPSA) is 23.6 Å². The minimum absolute atomic E-state index is 0.455. The molecule has 3 heteroatoms. The number of hydrogen-bond donors (Lipinski definition) is 0. The SMILES string of the molecule is CCCCCCCCCCCCCN(CCCCCCCCCCCCC)CCCCC(=O)N(CCCCCCCCCCCCC)CCCCCCCCCCCCC. The summed E-state index contributed by atoms with van der Waals surface area (Å²) < 4.78 is 0. The first-order chi connectivity index (χ1) is 29.7. The average molecular weight is 846 g/mol. The Labute approximate surface area is 381 Å². The second kappa shape index (κ2) is 52.8. The predicted octanol–water partition coefficient (Wildman–Crippen LogP) is 19.5. The number of hydrogen-bond acceptors (Lipinski definition) is 2. The van der Waals surface area contributed by atoms with Gasteiger partial charge in [0.1, 0.15) is 0 Å². The van der Waals surface area contributed by atoms with Gasteiger partial charge in [0, 0.05) is 19.5 Å². The van der Waals surface area contributed by atoms with E-state index in [0.29, 0.717) is 5.91 Å². The smallest absolute Gasteiger partial charge is 0.222 e. The molecule has 0 N–H and O–H groups in total. The van der Waals surface area contributed by atoms with Gasteiger partial charge in [-0.05, 0) is 58.2 Å². The number of carbonyl (C=O) groups is 1. The van der Waals surface area contributed by atoms with Crippen LogP contribution in [0.4, 0.5) is 0 Å².